The largest absolute Gasteiger partial charge is 0.465 e. The molecule has 3 rings (SSSR count). The Kier molecular flexibility index (Phi) is 6.71. The van der Waals surface area contributed by atoms with Crippen molar-refractivity contribution in [3.05, 3.63) is 46.6 Å². The monoisotopic (exact) mass is 430 g/mol. The van der Waals surface area contributed by atoms with E-state index in [0.29, 0.717) is 15.7 Å². The number of thioether (sulfide) groups is 1. The van der Waals surface area contributed by atoms with Gasteiger partial charge in [-0.3, -0.25) is 4.79 Å². The summed E-state index contributed by atoms with van der Waals surface area (Å²) in [7, 11) is 3.22. The predicted molar refractivity (Wildman–Crippen MR) is 116 cm³/mol. The molecule has 2 heterocycles. The summed E-state index contributed by atoms with van der Waals surface area (Å²) in [6, 6.07) is 9.60. The molecule has 152 valence electrons. The van der Waals surface area contributed by atoms with Crippen molar-refractivity contribution in [2.45, 2.75) is 25.4 Å². The molecule has 1 N–H and O–H groups in total. The zero-order valence-electron chi connectivity index (χ0n) is 16.7. The van der Waals surface area contributed by atoms with E-state index in [1.807, 2.05) is 55.8 Å². The van der Waals surface area contributed by atoms with Crippen molar-refractivity contribution in [3.63, 3.8) is 0 Å². The van der Waals surface area contributed by atoms with E-state index in [2.05, 4.69) is 15.5 Å². The number of carbonyl (C=O) groups excluding carboxylic acids is 2. The molecule has 0 fully saturated rings. The molecule has 0 unspecified atom stereocenters. The highest BCUT2D eigenvalue weighted by molar-refractivity contribution is 7.99. The van der Waals surface area contributed by atoms with Crippen molar-refractivity contribution in [2.75, 3.05) is 18.2 Å². The van der Waals surface area contributed by atoms with Crippen molar-refractivity contribution in [1.82, 2.24) is 14.8 Å². The van der Waals surface area contributed by atoms with E-state index in [4.69, 9.17) is 4.74 Å². The average molecular weight is 431 g/mol. The lowest BCUT2D eigenvalue weighted by molar-refractivity contribution is -0.113. The second-order valence-electron chi connectivity index (χ2n) is 6.24. The molecule has 0 bridgehead atoms. The number of ether oxygens (including phenoxy) is 1. The molecule has 0 aliphatic heterocycles. The normalized spacial score (nSPS) is 10.8. The van der Waals surface area contributed by atoms with Crippen LogP contribution in [-0.4, -0.2) is 39.5 Å². The van der Waals surface area contributed by atoms with Crippen LogP contribution in [0.4, 0.5) is 5.00 Å². The van der Waals surface area contributed by atoms with Gasteiger partial charge in [0.1, 0.15) is 16.4 Å². The third kappa shape index (κ3) is 4.51. The van der Waals surface area contributed by atoms with E-state index < -0.39 is 5.97 Å². The van der Waals surface area contributed by atoms with Crippen LogP contribution in [0.5, 0.6) is 0 Å². The van der Waals surface area contributed by atoms with Crippen LogP contribution in [0.1, 0.15) is 28.0 Å². The van der Waals surface area contributed by atoms with Gasteiger partial charge in [0.2, 0.25) is 5.91 Å². The van der Waals surface area contributed by atoms with Crippen LogP contribution in [-0.2, 0) is 23.0 Å². The summed E-state index contributed by atoms with van der Waals surface area (Å²) in [4.78, 5) is 26.0. The SMILES string of the molecule is CCc1nnc(SCC(=O)Nc2sc(C)c(-c3ccccc3)c2C(=O)OC)n1C. The molecule has 9 heteroatoms. The maximum Gasteiger partial charge on any atom is 0.341 e. The molecular weight excluding hydrogens is 408 g/mol. The first kappa shape index (κ1) is 21.1. The number of hydrogen-bond acceptors (Lipinski definition) is 7. The Hall–Kier alpha value is -2.65. The molecule has 2 aromatic heterocycles. The summed E-state index contributed by atoms with van der Waals surface area (Å²) < 4.78 is 6.86. The van der Waals surface area contributed by atoms with Gasteiger partial charge in [-0.05, 0) is 12.5 Å². The summed E-state index contributed by atoms with van der Waals surface area (Å²) in [6.45, 7) is 3.93. The Labute approximate surface area is 177 Å². The lowest BCUT2D eigenvalue weighted by Gasteiger charge is -2.08. The van der Waals surface area contributed by atoms with Crippen LogP contribution in [0.15, 0.2) is 35.5 Å². The van der Waals surface area contributed by atoms with Gasteiger partial charge in [0.15, 0.2) is 5.16 Å². The first-order chi connectivity index (χ1) is 14.0. The number of rotatable bonds is 7. The van der Waals surface area contributed by atoms with Gasteiger partial charge >= 0.3 is 5.97 Å². The van der Waals surface area contributed by atoms with E-state index >= 15 is 0 Å². The van der Waals surface area contributed by atoms with Crippen LogP contribution in [0.25, 0.3) is 11.1 Å². The van der Waals surface area contributed by atoms with Gasteiger partial charge in [-0.1, -0.05) is 49.0 Å². The number of anilines is 1. The number of nitrogens with one attached hydrogen (secondary N) is 1. The molecule has 3 aromatic rings. The highest BCUT2D eigenvalue weighted by atomic mass is 32.2. The topological polar surface area (TPSA) is 86.1 Å². The van der Waals surface area contributed by atoms with Gasteiger partial charge in [0, 0.05) is 23.9 Å². The molecule has 0 radical (unpaired) electrons. The molecule has 0 aliphatic rings. The number of aromatic nitrogens is 3. The maximum absolute atomic E-state index is 12.6. The van der Waals surface area contributed by atoms with E-state index in [1.165, 1.54) is 30.2 Å². The zero-order valence-corrected chi connectivity index (χ0v) is 18.3. The molecule has 0 aliphatic carbocycles. The maximum atomic E-state index is 12.6. The van der Waals surface area contributed by atoms with Gasteiger partial charge in [0.25, 0.3) is 0 Å². The lowest BCUT2D eigenvalue weighted by atomic mass is 10.0. The van der Waals surface area contributed by atoms with Crippen molar-refractivity contribution < 1.29 is 14.3 Å². The Morgan fingerprint density at radius 1 is 1.24 bits per heavy atom. The van der Waals surface area contributed by atoms with Gasteiger partial charge in [-0.15, -0.1) is 21.5 Å². The first-order valence-electron chi connectivity index (χ1n) is 9.04. The summed E-state index contributed by atoms with van der Waals surface area (Å²) in [6.07, 6.45) is 0.773. The van der Waals surface area contributed by atoms with Crippen molar-refractivity contribution in [1.29, 1.82) is 0 Å². The Morgan fingerprint density at radius 2 is 1.97 bits per heavy atom. The number of nitrogens with zero attached hydrogens (tertiary/aromatic N) is 3. The fraction of sp³-hybridized carbons (Fsp3) is 0.300. The Morgan fingerprint density at radius 3 is 2.59 bits per heavy atom. The minimum Gasteiger partial charge on any atom is -0.465 e. The third-order valence-corrected chi connectivity index (χ3v) is 6.40. The number of methoxy groups -OCH3 is 1. The average Bonchev–Trinajstić information content (AvgIpc) is 3.25. The third-order valence-electron chi connectivity index (χ3n) is 4.36. The van der Waals surface area contributed by atoms with Crippen LogP contribution >= 0.6 is 23.1 Å². The van der Waals surface area contributed by atoms with E-state index in [1.54, 1.807) is 0 Å². The highest BCUT2D eigenvalue weighted by Gasteiger charge is 2.25. The Bertz CT molecular complexity index is 1030. The zero-order chi connectivity index (χ0) is 21.0. The van der Waals surface area contributed by atoms with E-state index in [0.717, 1.165) is 28.2 Å². The van der Waals surface area contributed by atoms with Crippen LogP contribution in [0, 0.1) is 6.92 Å². The minimum absolute atomic E-state index is 0.161. The summed E-state index contributed by atoms with van der Waals surface area (Å²) in [5.74, 6) is 0.329. The number of thiophene rings is 1. The summed E-state index contributed by atoms with van der Waals surface area (Å²) in [5.41, 5.74) is 2.07. The van der Waals surface area contributed by atoms with Crippen LogP contribution in [0.3, 0.4) is 0 Å². The molecule has 0 atom stereocenters. The van der Waals surface area contributed by atoms with E-state index in [9.17, 15) is 9.59 Å². The quantitative estimate of drug-likeness (QED) is 0.451. The fourth-order valence-electron chi connectivity index (χ4n) is 2.95. The second kappa shape index (κ2) is 9.23. The predicted octanol–water partition coefficient (Wildman–Crippen LogP) is 3.93. The Balaban J connectivity index is 1.82. The van der Waals surface area contributed by atoms with Gasteiger partial charge < -0.3 is 14.6 Å². The van der Waals surface area contributed by atoms with Gasteiger partial charge in [0.05, 0.1) is 12.9 Å². The number of carbonyl (C=O) groups is 2. The smallest absolute Gasteiger partial charge is 0.341 e. The fourth-order valence-corrected chi connectivity index (χ4v) is 4.76. The molecule has 1 aromatic carbocycles. The molecule has 1 amide bonds. The molecule has 29 heavy (non-hydrogen) atoms. The molecule has 0 saturated heterocycles. The minimum atomic E-state index is -0.475. The highest BCUT2D eigenvalue weighted by Crippen LogP contribution is 2.40. The summed E-state index contributed by atoms with van der Waals surface area (Å²) in [5, 5.41) is 12.2. The molecule has 7 nitrogen and oxygen atoms in total. The summed E-state index contributed by atoms with van der Waals surface area (Å²) >= 11 is 2.67. The lowest BCUT2D eigenvalue weighted by Crippen LogP contribution is -2.16. The molecular formula is C20H22N4O3S2. The van der Waals surface area contributed by atoms with Crippen molar-refractivity contribution >= 4 is 40.0 Å². The number of benzene rings is 1. The van der Waals surface area contributed by atoms with E-state index in [-0.39, 0.29) is 11.7 Å². The first-order valence-corrected chi connectivity index (χ1v) is 10.8. The number of aryl methyl sites for hydroxylation is 2. The number of esters is 1. The standard InChI is InChI=1S/C20H22N4O3S2/c1-5-14-22-23-20(24(14)3)28-11-15(25)21-18-17(19(26)27-4)16(12(2)29-18)13-9-7-6-8-10-13/h6-10H,5,11H2,1-4H3,(H,21,25). The number of hydrogen-bond donors (Lipinski definition) is 1. The molecule has 0 spiro atoms. The molecule has 0 saturated carbocycles. The van der Waals surface area contributed by atoms with Crippen molar-refractivity contribution in [3.8, 4) is 11.1 Å². The van der Waals surface area contributed by atoms with Crippen LogP contribution in [0.2, 0.25) is 0 Å². The van der Waals surface area contributed by atoms with Gasteiger partial charge in [-0.25, -0.2) is 4.79 Å². The van der Waals surface area contributed by atoms with Crippen molar-refractivity contribution in [2.24, 2.45) is 7.05 Å². The van der Waals surface area contributed by atoms with Crippen LogP contribution < -0.4 is 5.32 Å². The van der Waals surface area contributed by atoms with Gasteiger partial charge in [-0.2, -0.15) is 0 Å². The second-order valence-corrected chi connectivity index (χ2v) is 8.41. The number of amides is 1.